The first-order valence-corrected chi connectivity index (χ1v) is 9.87. The Kier molecular flexibility index (Phi) is 5.20. The molecule has 0 saturated heterocycles. The number of hydrogen-bond acceptors (Lipinski definition) is 3. The smallest absolute Gasteiger partial charge is 0.317 e. The number of aryl methyl sites for hydroxylation is 1. The number of pyridine rings is 1. The Balaban J connectivity index is 1.43. The van der Waals surface area contributed by atoms with Gasteiger partial charge in [-0.25, -0.2) is 9.48 Å². The second kappa shape index (κ2) is 7.95. The topological polar surface area (TPSA) is 83.0 Å². The molecule has 0 radical (unpaired) electrons. The number of aromatic amines is 1. The highest BCUT2D eigenvalue weighted by Crippen LogP contribution is 2.16. The molecule has 0 aliphatic carbocycles. The fourth-order valence-corrected chi connectivity index (χ4v) is 3.82. The predicted molar refractivity (Wildman–Crippen MR) is 111 cm³/mol. The van der Waals surface area contributed by atoms with E-state index in [1.165, 1.54) is 0 Å². The largest absolute Gasteiger partial charge is 0.335 e. The summed E-state index contributed by atoms with van der Waals surface area (Å²) in [7, 11) is 0. The van der Waals surface area contributed by atoms with E-state index in [0.717, 1.165) is 22.6 Å². The molecule has 150 valence electrons. The minimum Gasteiger partial charge on any atom is -0.335 e. The molecule has 1 atom stereocenters. The van der Waals surface area contributed by atoms with Gasteiger partial charge in [-0.05, 0) is 50.1 Å². The summed E-state index contributed by atoms with van der Waals surface area (Å²) < 4.78 is 1.93. The number of rotatable bonds is 4. The fraction of sp³-hybridized carbons (Fsp3) is 0.318. The van der Waals surface area contributed by atoms with Crippen molar-refractivity contribution < 1.29 is 4.79 Å². The third kappa shape index (κ3) is 4.08. The van der Waals surface area contributed by atoms with E-state index in [0.29, 0.717) is 31.5 Å². The van der Waals surface area contributed by atoms with Crippen LogP contribution in [0.3, 0.4) is 0 Å². The number of carbonyl (C=O) groups excluding carboxylic acids is 1. The number of aromatic nitrogens is 3. The zero-order valence-corrected chi connectivity index (χ0v) is 16.7. The molecule has 2 N–H and O–H groups in total. The van der Waals surface area contributed by atoms with Crippen LogP contribution in [-0.4, -0.2) is 38.3 Å². The van der Waals surface area contributed by atoms with Crippen LogP contribution in [0.4, 0.5) is 4.79 Å². The zero-order valence-electron chi connectivity index (χ0n) is 16.7. The van der Waals surface area contributed by atoms with Gasteiger partial charge < -0.3 is 15.2 Å². The summed E-state index contributed by atoms with van der Waals surface area (Å²) in [5.41, 5.74) is 4.57. The lowest BCUT2D eigenvalue weighted by atomic mass is 10.0. The zero-order chi connectivity index (χ0) is 20.4. The summed E-state index contributed by atoms with van der Waals surface area (Å²) in [5, 5.41) is 7.66. The maximum Gasteiger partial charge on any atom is 0.317 e. The molecule has 0 fully saturated rings. The molecule has 4 rings (SSSR count). The Hall–Kier alpha value is -3.35. The third-order valence-electron chi connectivity index (χ3n) is 5.24. The first-order valence-electron chi connectivity index (χ1n) is 9.87. The van der Waals surface area contributed by atoms with E-state index in [1.54, 1.807) is 11.1 Å². The van der Waals surface area contributed by atoms with Crippen LogP contribution in [0.25, 0.3) is 5.69 Å². The highest BCUT2D eigenvalue weighted by atomic mass is 16.2. The summed E-state index contributed by atoms with van der Waals surface area (Å²) in [5.74, 6) is 0. The summed E-state index contributed by atoms with van der Waals surface area (Å²) in [4.78, 5) is 29.2. The molecule has 29 heavy (non-hydrogen) atoms. The van der Waals surface area contributed by atoms with Crippen molar-refractivity contribution in [3.63, 3.8) is 0 Å². The number of carbonyl (C=O) groups is 1. The number of para-hydroxylation sites is 1. The van der Waals surface area contributed by atoms with Crippen LogP contribution in [0.2, 0.25) is 0 Å². The van der Waals surface area contributed by atoms with E-state index in [1.807, 2.05) is 61.0 Å². The van der Waals surface area contributed by atoms with Crippen LogP contribution in [0.5, 0.6) is 0 Å². The van der Waals surface area contributed by atoms with E-state index in [4.69, 9.17) is 0 Å². The molecule has 0 bridgehead atoms. The molecule has 2 aromatic heterocycles. The van der Waals surface area contributed by atoms with Gasteiger partial charge in [0.05, 0.1) is 17.9 Å². The number of benzene rings is 1. The number of urea groups is 1. The molecular weight excluding hydrogens is 366 g/mol. The number of nitrogens with zero attached hydrogens (tertiary/aromatic N) is 3. The molecule has 1 unspecified atom stereocenters. The average Bonchev–Trinajstić information content (AvgIpc) is 3.08. The summed E-state index contributed by atoms with van der Waals surface area (Å²) in [6, 6.07) is 13.7. The molecule has 3 aromatic rings. The lowest BCUT2D eigenvalue weighted by Gasteiger charge is -2.29. The Morgan fingerprint density at radius 3 is 2.86 bits per heavy atom. The Labute approximate surface area is 169 Å². The van der Waals surface area contributed by atoms with E-state index in [-0.39, 0.29) is 17.6 Å². The van der Waals surface area contributed by atoms with Gasteiger partial charge in [-0.2, -0.15) is 5.10 Å². The van der Waals surface area contributed by atoms with E-state index in [2.05, 4.69) is 15.4 Å². The number of hydrogen-bond donors (Lipinski definition) is 2. The lowest BCUT2D eigenvalue weighted by Crippen LogP contribution is -2.47. The van der Waals surface area contributed by atoms with Crippen molar-refractivity contribution in [1.29, 1.82) is 0 Å². The Morgan fingerprint density at radius 2 is 2.07 bits per heavy atom. The quantitative estimate of drug-likeness (QED) is 0.717. The Bertz CT molecular complexity index is 1070. The summed E-state index contributed by atoms with van der Waals surface area (Å²) in [6.07, 6.45) is 3.02. The van der Waals surface area contributed by atoms with Crippen LogP contribution in [0.1, 0.15) is 29.4 Å². The maximum atomic E-state index is 12.8. The van der Waals surface area contributed by atoms with Crippen molar-refractivity contribution in [1.82, 2.24) is 25.0 Å². The normalized spacial score (nSPS) is 14.3. The standard InChI is InChI=1S/C22H25N5O2/c1-15(12-19-13-16(2)25-27(19)18-6-4-3-5-7-18)24-22(29)26-11-9-17-8-10-23-21(28)20(17)14-26/h3-8,10,13,15H,9,11-12,14H2,1-2H3,(H,23,28)(H,24,29). The molecule has 1 aromatic carbocycles. The summed E-state index contributed by atoms with van der Waals surface area (Å²) in [6.45, 7) is 4.90. The van der Waals surface area contributed by atoms with Crippen molar-refractivity contribution in [3.8, 4) is 5.69 Å². The van der Waals surface area contributed by atoms with E-state index >= 15 is 0 Å². The van der Waals surface area contributed by atoms with Crippen LogP contribution < -0.4 is 10.9 Å². The van der Waals surface area contributed by atoms with Crippen molar-refractivity contribution in [2.24, 2.45) is 0 Å². The van der Waals surface area contributed by atoms with E-state index in [9.17, 15) is 9.59 Å². The monoisotopic (exact) mass is 391 g/mol. The molecule has 7 heteroatoms. The van der Waals surface area contributed by atoms with Gasteiger partial charge in [-0.3, -0.25) is 4.79 Å². The molecule has 2 amide bonds. The van der Waals surface area contributed by atoms with E-state index < -0.39 is 0 Å². The molecule has 0 saturated carbocycles. The van der Waals surface area contributed by atoms with Gasteiger partial charge in [0.1, 0.15) is 0 Å². The van der Waals surface area contributed by atoms with Gasteiger partial charge in [0, 0.05) is 36.5 Å². The minimum atomic E-state index is -0.145. The van der Waals surface area contributed by atoms with Crippen molar-refractivity contribution in [2.45, 2.75) is 39.3 Å². The van der Waals surface area contributed by atoms with Crippen molar-refractivity contribution >= 4 is 6.03 Å². The molecule has 0 spiro atoms. The fourth-order valence-electron chi connectivity index (χ4n) is 3.82. The van der Waals surface area contributed by atoms with Gasteiger partial charge in [0.25, 0.3) is 5.56 Å². The number of nitrogens with one attached hydrogen (secondary N) is 2. The second-order valence-electron chi connectivity index (χ2n) is 7.56. The SMILES string of the molecule is Cc1cc(CC(C)NC(=O)N2CCc3cc[nH]c(=O)c3C2)n(-c2ccccc2)n1. The third-order valence-corrected chi connectivity index (χ3v) is 5.24. The number of fused-ring (bicyclic) bond motifs is 1. The number of amides is 2. The average molecular weight is 391 g/mol. The van der Waals surface area contributed by atoms with Crippen molar-refractivity contribution in [3.05, 3.63) is 81.5 Å². The van der Waals surface area contributed by atoms with Crippen LogP contribution >= 0.6 is 0 Å². The predicted octanol–water partition coefficient (Wildman–Crippen LogP) is 2.57. The van der Waals surface area contributed by atoms with Crippen LogP contribution in [0.15, 0.2) is 53.5 Å². The Morgan fingerprint density at radius 1 is 1.28 bits per heavy atom. The van der Waals surface area contributed by atoms with Gasteiger partial charge in [-0.1, -0.05) is 18.2 Å². The van der Waals surface area contributed by atoms with Gasteiger partial charge in [0.2, 0.25) is 0 Å². The van der Waals surface area contributed by atoms with Gasteiger partial charge in [0.15, 0.2) is 0 Å². The minimum absolute atomic E-state index is 0.0727. The first-order chi connectivity index (χ1) is 14.0. The highest BCUT2D eigenvalue weighted by molar-refractivity contribution is 5.74. The molecule has 3 heterocycles. The molecule has 1 aliphatic rings. The molecule has 1 aliphatic heterocycles. The highest BCUT2D eigenvalue weighted by Gasteiger charge is 2.24. The van der Waals surface area contributed by atoms with Crippen LogP contribution in [0, 0.1) is 6.92 Å². The summed E-state index contributed by atoms with van der Waals surface area (Å²) >= 11 is 0. The molecule has 7 nitrogen and oxygen atoms in total. The maximum absolute atomic E-state index is 12.8. The van der Waals surface area contributed by atoms with Crippen molar-refractivity contribution in [2.75, 3.05) is 6.54 Å². The second-order valence-corrected chi connectivity index (χ2v) is 7.56. The van der Waals surface area contributed by atoms with Crippen LogP contribution in [-0.2, 0) is 19.4 Å². The molecular formula is C22H25N5O2. The van der Waals surface area contributed by atoms with Gasteiger partial charge in [-0.15, -0.1) is 0 Å². The first kappa shape index (κ1) is 19.0. The van der Waals surface area contributed by atoms with Gasteiger partial charge >= 0.3 is 6.03 Å². The number of H-pyrrole nitrogens is 1. The lowest BCUT2D eigenvalue weighted by molar-refractivity contribution is 0.188.